The van der Waals surface area contributed by atoms with Crippen LogP contribution in [0.25, 0.3) is 10.2 Å². The first-order valence-electron chi connectivity index (χ1n) is 10.2. The maximum atomic E-state index is 13.2. The van der Waals surface area contributed by atoms with Crippen LogP contribution in [-0.2, 0) is 37.3 Å². The van der Waals surface area contributed by atoms with E-state index in [-0.39, 0.29) is 17.3 Å². The van der Waals surface area contributed by atoms with Gasteiger partial charge >= 0.3 is 5.97 Å². The minimum atomic E-state index is -3.76. The molecule has 0 bridgehead atoms. The number of carbonyl (C=O) groups excluding carboxylic acids is 2. The van der Waals surface area contributed by atoms with Crippen LogP contribution in [0, 0.1) is 0 Å². The van der Waals surface area contributed by atoms with Crippen LogP contribution in [0.1, 0.15) is 25.3 Å². The maximum absolute atomic E-state index is 13.2. The topological polar surface area (TPSA) is 98.0 Å². The maximum Gasteiger partial charge on any atom is 0.325 e. The van der Waals surface area contributed by atoms with Crippen molar-refractivity contribution in [3.8, 4) is 0 Å². The first kappa shape index (κ1) is 22.8. The van der Waals surface area contributed by atoms with Gasteiger partial charge in [-0.05, 0) is 48.4 Å². The minimum Gasteiger partial charge on any atom is -0.468 e. The van der Waals surface area contributed by atoms with Crippen molar-refractivity contribution in [3.63, 3.8) is 0 Å². The molecule has 1 aliphatic heterocycles. The predicted molar refractivity (Wildman–Crippen MR) is 123 cm³/mol. The van der Waals surface area contributed by atoms with Gasteiger partial charge in [0.25, 0.3) is 15.9 Å². The van der Waals surface area contributed by atoms with Gasteiger partial charge in [-0.2, -0.15) is 9.30 Å². The molecule has 3 aromatic rings. The largest absolute Gasteiger partial charge is 0.468 e. The van der Waals surface area contributed by atoms with Crippen molar-refractivity contribution in [2.75, 3.05) is 13.7 Å². The van der Waals surface area contributed by atoms with Crippen LogP contribution in [0.4, 0.5) is 0 Å². The summed E-state index contributed by atoms with van der Waals surface area (Å²) in [5.41, 5.74) is 1.91. The van der Waals surface area contributed by atoms with Crippen molar-refractivity contribution < 1.29 is 22.7 Å². The van der Waals surface area contributed by atoms with Gasteiger partial charge in [0.2, 0.25) is 0 Å². The Morgan fingerprint density at radius 3 is 2.78 bits per heavy atom. The van der Waals surface area contributed by atoms with Crippen molar-refractivity contribution in [1.82, 2.24) is 8.87 Å². The van der Waals surface area contributed by atoms with E-state index in [1.165, 1.54) is 22.8 Å². The third-order valence-electron chi connectivity index (χ3n) is 5.42. The summed E-state index contributed by atoms with van der Waals surface area (Å²) in [4.78, 5) is 29.8. The SMILES string of the molecule is CCc1ccc2c(c1)sc(=NC(=O)C1CCCN1S(=O)(=O)c1cccs1)n2CC(=O)OC. The van der Waals surface area contributed by atoms with E-state index in [2.05, 4.69) is 11.9 Å². The van der Waals surface area contributed by atoms with E-state index in [9.17, 15) is 18.0 Å². The Morgan fingerprint density at radius 2 is 2.09 bits per heavy atom. The summed E-state index contributed by atoms with van der Waals surface area (Å²) in [7, 11) is -2.45. The summed E-state index contributed by atoms with van der Waals surface area (Å²) in [6.07, 6.45) is 1.85. The number of rotatable bonds is 6. The van der Waals surface area contributed by atoms with E-state index in [0.29, 0.717) is 17.6 Å². The van der Waals surface area contributed by atoms with Gasteiger partial charge in [0.15, 0.2) is 4.80 Å². The van der Waals surface area contributed by atoms with E-state index >= 15 is 0 Å². The Hall–Kier alpha value is -2.34. The molecule has 1 aromatic carbocycles. The summed E-state index contributed by atoms with van der Waals surface area (Å²) in [5, 5.41) is 1.70. The fourth-order valence-corrected chi connectivity index (χ4v) is 7.61. The zero-order valence-electron chi connectivity index (χ0n) is 17.7. The number of methoxy groups -OCH3 is 1. The number of hydrogen-bond acceptors (Lipinski definition) is 7. The lowest BCUT2D eigenvalue weighted by molar-refractivity contribution is -0.141. The number of aryl methyl sites for hydroxylation is 1. The molecule has 170 valence electrons. The number of thiophene rings is 1. The van der Waals surface area contributed by atoms with E-state index in [1.807, 2.05) is 18.2 Å². The second-order valence-electron chi connectivity index (χ2n) is 7.36. The Kier molecular flexibility index (Phi) is 6.61. The van der Waals surface area contributed by atoms with Gasteiger partial charge < -0.3 is 9.30 Å². The first-order valence-corrected chi connectivity index (χ1v) is 13.3. The van der Waals surface area contributed by atoms with Crippen LogP contribution in [0.2, 0.25) is 0 Å². The molecule has 1 unspecified atom stereocenters. The summed E-state index contributed by atoms with van der Waals surface area (Å²) in [6.45, 7) is 2.24. The van der Waals surface area contributed by atoms with Gasteiger partial charge in [0.05, 0.1) is 17.3 Å². The predicted octanol–water partition coefficient (Wildman–Crippen LogP) is 2.78. The molecule has 1 atom stereocenters. The summed E-state index contributed by atoms with van der Waals surface area (Å²) >= 11 is 2.43. The van der Waals surface area contributed by atoms with Crippen LogP contribution < -0.4 is 4.80 Å². The van der Waals surface area contributed by atoms with Gasteiger partial charge in [0.1, 0.15) is 16.8 Å². The van der Waals surface area contributed by atoms with Crippen molar-refractivity contribution in [2.45, 2.75) is 43.0 Å². The number of carbonyl (C=O) groups is 2. The van der Waals surface area contributed by atoms with Gasteiger partial charge in [0, 0.05) is 6.54 Å². The number of benzene rings is 1. The summed E-state index contributed by atoms with van der Waals surface area (Å²) in [6, 6.07) is 8.25. The zero-order valence-corrected chi connectivity index (χ0v) is 20.1. The lowest BCUT2D eigenvalue weighted by Gasteiger charge is -2.20. The molecule has 2 aromatic heterocycles. The highest BCUT2D eigenvalue weighted by Crippen LogP contribution is 2.29. The Balaban J connectivity index is 1.75. The number of aromatic nitrogens is 1. The van der Waals surface area contributed by atoms with Crippen LogP contribution in [0.15, 0.2) is 44.9 Å². The molecular weight excluding hydrogens is 470 g/mol. The Labute approximate surface area is 193 Å². The molecular formula is C21H23N3O5S3. The molecule has 32 heavy (non-hydrogen) atoms. The standard InChI is InChI=1S/C21H23N3O5S3/c1-3-14-8-9-15-17(12-14)31-21(23(15)13-18(25)29-2)22-20(26)16-6-4-10-24(16)32(27,28)19-7-5-11-30-19/h5,7-9,11-12,16H,3-4,6,10,13H2,1-2H3. The van der Waals surface area contributed by atoms with E-state index in [1.54, 1.807) is 22.1 Å². The highest BCUT2D eigenvalue weighted by Gasteiger charge is 2.40. The average Bonchev–Trinajstić information content (AvgIpc) is 3.54. The molecule has 8 nitrogen and oxygen atoms in total. The lowest BCUT2D eigenvalue weighted by Crippen LogP contribution is -2.40. The zero-order chi connectivity index (χ0) is 22.9. The first-order chi connectivity index (χ1) is 15.3. The molecule has 3 heterocycles. The second kappa shape index (κ2) is 9.26. The molecule has 4 rings (SSSR count). The smallest absolute Gasteiger partial charge is 0.325 e. The van der Waals surface area contributed by atoms with E-state index in [0.717, 1.165) is 33.5 Å². The molecule has 0 spiro atoms. The molecule has 0 aliphatic carbocycles. The normalized spacial score (nSPS) is 17.8. The summed E-state index contributed by atoms with van der Waals surface area (Å²) < 4.78 is 34.8. The van der Waals surface area contributed by atoms with Gasteiger partial charge in [-0.15, -0.1) is 11.3 Å². The van der Waals surface area contributed by atoms with E-state index in [4.69, 9.17) is 4.74 Å². The lowest BCUT2D eigenvalue weighted by atomic mass is 10.2. The third kappa shape index (κ3) is 4.29. The highest BCUT2D eigenvalue weighted by molar-refractivity contribution is 7.91. The van der Waals surface area contributed by atoms with Crippen molar-refractivity contribution in [2.24, 2.45) is 4.99 Å². The molecule has 0 radical (unpaired) electrons. The molecule has 11 heteroatoms. The fraction of sp³-hybridized carbons (Fsp3) is 0.381. The second-order valence-corrected chi connectivity index (χ2v) is 11.4. The van der Waals surface area contributed by atoms with Crippen LogP contribution in [-0.4, -0.2) is 48.9 Å². The Bertz CT molecular complexity index is 1320. The van der Waals surface area contributed by atoms with Gasteiger partial charge in [-0.1, -0.05) is 30.4 Å². The Morgan fingerprint density at radius 1 is 1.28 bits per heavy atom. The highest BCUT2D eigenvalue weighted by atomic mass is 32.2. The molecule has 1 aliphatic rings. The van der Waals surface area contributed by atoms with Crippen molar-refractivity contribution in [1.29, 1.82) is 0 Å². The third-order valence-corrected chi connectivity index (χ3v) is 9.75. The number of sulfonamides is 1. The quantitative estimate of drug-likeness (QED) is 0.492. The van der Waals surface area contributed by atoms with Crippen LogP contribution >= 0.6 is 22.7 Å². The van der Waals surface area contributed by atoms with Crippen molar-refractivity contribution in [3.05, 3.63) is 46.1 Å². The fourth-order valence-electron chi connectivity index (χ4n) is 3.74. The average molecular weight is 494 g/mol. The monoisotopic (exact) mass is 493 g/mol. The molecule has 0 saturated carbocycles. The number of esters is 1. The van der Waals surface area contributed by atoms with E-state index < -0.39 is 27.9 Å². The molecule has 0 N–H and O–H groups in total. The minimum absolute atomic E-state index is 0.0873. The number of amides is 1. The number of thiazole rings is 1. The summed E-state index contributed by atoms with van der Waals surface area (Å²) in [5.74, 6) is -0.982. The van der Waals surface area contributed by atoms with Crippen LogP contribution in [0.3, 0.4) is 0 Å². The van der Waals surface area contributed by atoms with Crippen LogP contribution in [0.5, 0.6) is 0 Å². The number of nitrogens with zero attached hydrogens (tertiary/aromatic N) is 3. The van der Waals surface area contributed by atoms with Crippen molar-refractivity contribution >= 4 is 54.8 Å². The number of hydrogen-bond donors (Lipinski definition) is 0. The van der Waals surface area contributed by atoms with Gasteiger partial charge in [-0.25, -0.2) is 8.42 Å². The van der Waals surface area contributed by atoms with Gasteiger partial charge in [-0.3, -0.25) is 9.59 Å². The molecule has 1 amide bonds. The number of ether oxygens (including phenoxy) is 1. The number of fused-ring (bicyclic) bond motifs is 1. The molecule has 1 fully saturated rings. The molecule has 1 saturated heterocycles.